The molecule has 0 amide bonds. The van der Waals surface area contributed by atoms with E-state index in [4.69, 9.17) is 4.98 Å². The van der Waals surface area contributed by atoms with Crippen molar-refractivity contribution in [3.63, 3.8) is 0 Å². The van der Waals surface area contributed by atoms with Gasteiger partial charge in [0.2, 0.25) is 0 Å². The molecule has 2 aromatic rings. The number of rotatable bonds is 1. The zero-order valence-electron chi connectivity index (χ0n) is 14.1. The molecule has 4 heteroatoms. The lowest BCUT2D eigenvalue weighted by Crippen LogP contribution is -2.71. The minimum atomic E-state index is 0.346. The molecule has 1 aliphatic carbocycles. The molecular formula is C20H24N4. The second kappa shape index (κ2) is 5.55. The monoisotopic (exact) mass is 320 g/mol. The van der Waals surface area contributed by atoms with Crippen molar-refractivity contribution < 1.29 is 0 Å². The fourth-order valence-corrected chi connectivity index (χ4v) is 4.70. The van der Waals surface area contributed by atoms with E-state index in [-0.39, 0.29) is 0 Å². The van der Waals surface area contributed by atoms with Gasteiger partial charge in [0.05, 0.1) is 11.2 Å². The summed E-state index contributed by atoms with van der Waals surface area (Å²) >= 11 is 0. The summed E-state index contributed by atoms with van der Waals surface area (Å²) in [7, 11) is 0. The van der Waals surface area contributed by atoms with Gasteiger partial charge in [-0.3, -0.25) is 0 Å². The van der Waals surface area contributed by atoms with Crippen LogP contribution in [0.4, 0.5) is 5.82 Å². The minimum absolute atomic E-state index is 0.346. The lowest BCUT2D eigenvalue weighted by atomic mass is 9.81. The van der Waals surface area contributed by atoms with Crippen molar-refractivity contribution in [3.05, 3.63) is 41.7 Å². The van der Waals surface area contributed by atoms with Crippen LogP contribution in [0.25, 0.3) is 11.3 Å². The Morgan fingerprint density at radius 1 is 1.00 bits per heavy atom. The fourth-order valence-electron chi connectivity index (χ4n) is 4.70. The van der Waals surface area contributed by atoms with Gasteiger partial charge >= 0.3 is 0 Å². The number of aromatic nitrogens is 2. The largest absolute Gasteiger partial charge is 0.352 e. The molecule has 4 nitrogen and oxygen atoms in total. The second-order valence-corrected chi connectivity index (χ2v) is 7.56. The summed E-state index contributed by atoms with van der Waals surface area (Å²) in [5.74, 6) is 1.18. The predicted molar refractivity (Wildman–Crippen MR) is 96.3 cm³/mol. The summed E-state index contributed by atoms with van der Waals surface area (Å²) in [6, 6.07) is 8.73. The Labute approximate surface area is 143 Å². The number of nitrogens with zero attached hydrogens (tertiary/aromatic N) is 3. The first-order chi connectivity index (χ1) is 11.8. The summed E-state index contributed by atoms with van der Waals surface area (Å²) in [5, 5.41) is 3.75. The van der Waals surface area contributed by atoms with Crippen molar-refractivity contribution in [2.75, 3.05) is 24.5 Å². The molecule has 2 aliphatic heterocycles. The number of nitrogens with one attached hydrogen (secondary N) is 1. The Bertz CT molecular complexity index is 756. The number of hydrogen-bond acceptors (Lipinski definition) is 4. The maximum atomic E-state index is 4.69. The molecular weight excluding hydrogens is 296 g/mol. The van der Waals surface area contributed by atoms with E-state index in [1.165, 1.54) is 54.7 Å². The molecule has 5 rings (SSSR count). The van der Waals surface area contributed by atoms with Crippen molar-refractivity contribution in [2.45, 2.75) is 44.1 Å². The Morgan fingerprint density at radius 2 is 1.92 bits per heavy atom. The predicted octanol–water partition coefficient (Wildman–Crippen LogP) is 2.96. The molecule has 0 unspecified atom stereocenters. The summed E-state index contributed by atoms with van der Waals surface area (Å²) in [5.41, 5.74) is 5.59. The SMILES string of the molecule is c1ccc2c(c1)CCCc1c-2ncnc1N1CC2(CCCCN2)C1. The number of anilines is 1. The molecule has 1 aromatic carbocycles. The smallest absolute Gasteiger partial charge is 0.135 e. The first-order valence-corrected chi connectivity index (χ1v) is 9.27. The maximum absolute atomic E-state index is 4.69. The van der Waals surface area contributed by atoms with Crippen LogP contribution in [0.3, 0.4) is 0 Å². The Kier molecular flexibility index (Phi) is 3.33. The van der Waals surface area contributed by atoms with Crippen molar-refractivity contribution in [2.24, 2.45) is 0 Å². The quantitative estimate of drug-likeness (QED) is 0.877. The van der Waals surface area contributed by atoms with Crippen LogP contribution in [0.1, 0.15) is 36.8 Å². The molecule has 0 saturated carbocycles. The van der Waals surface area contributed by atoms with Gasteiger partial charge in [0.25, 0.3) is 0 Å². The van der Waals surface area contributed by atoms with Crippen molar-refractivity contribution in [3.8, 4) is 11.3 Å². The first-order valence-electron chi connectivity index (χ1n) is 9.27. The summed E-state index contributed by atoms with van der Waals surface area (Å²) in [4.78, 5) is 11.8. The number of aryl methyl sites for hydroxylation is 1. The van der Waals surface area contributed by atoms with E-state index < -0.39 is 0 Å². The normalized spacial score (nSPS) is 21.6. The van der Waals surface area contributed by atoms with Crippen LogP contribution >= 0.6 is 0 Å². The van der Waals surface area contributed by atoms with E-state index in [1.54, 1.807) is 6.33 Å². The summed E-state index contributed by atoms with van der Waals surface area (Å²) < 4.78 is 0. The highest BCUT2D eigenvalue weighted by Crippen LogP contribution is 2.39. The van der Waals surface area contributed by atoms with Gasteiger partial charge in [-0.1, -0.05) is 30.7 Å². The molecule has 24 heavy (non-hydrogen) atoms. The molecule has 0 radical (unpaired) electrons. The van der Waals surface area contributed by atoms with Crippen molar-refractivity contribution >= 4 is 5.82 Å². The minimum Gasteiger partial charge on any atom is -0.352 e. The van der Waals surface area contributed by atoms with Crippen LogP contribution in [-0.4, -0.2) is 35.1 Å². The lowest BCUT2D eigenvalue weighted by Gasteiger charge is -2.53. The molecule has 0 atom stereocenters. The fraction of sp³-hybridized carbons (Fsp3) is 0.500. The molecule has 2 saturated heterocycles. The number of benzene rings is 1. The zero-order chi connectivity index (χ0) is 16.0. The van der Waals surface area contributed by atoms with Crippen LogP contribution in [0.2, 0.25) is 0 Å². The van der Waals surface area contributed by atoms with E-state index in [2.05, 4.69) is 39.5 Å². The van der Waals surface area contributed by atoms with Crippen LogP contribution < -0.4 is 10.2 Å². The number of hydrogen-bond donors (Lipinski definition) is 1. The molecule has 1 spiro atoms. The van der Waals surface area contributed by atoms with Crippen molar-refractivity contribution in [1.82, 2.24) is 15.3 Å². The number of piperidine rings is 1. The third kappa shape index (κ3) is 2.24. The third-order valence-corrected chi connectivity index (χ3v) is 5.94. The van der Waals surface area contributed by atoms with Crippen molar-refractivity contribution in [1.29, 1.82) is 0 Å². The molecule has 2 fully saturated rings. The average Bonchev–Trinajstić information content (AvgIpc) is 2.80. The van der Waals surface area contributed by atoms with Gasteiger partial charge in [0.1, 0.15) is 12.1 Å². The molecule has 3 aliphatic rings. The Hall–Kier alpha value is -1.94. The van der Waals surface area contributed by atoms with Gasteiger partial charge < -0.3 is 10.2 Å². The molecule has 1 aromatic heterocycles. The molecule has 0 bridgehead atoms. The Morgan fingerprint density at radius 3 is 2.79 bits per heavy atom. The standard InChI is InChI=1S/C20H24N4/c1-2-8-16-15(6-1)7-5-9-17-18(16)21-14-22-19(17)24-12-20(13-24)10-3-4-11-23-20/h1-2,6,8,14,23H,3-5,7,9-13H2. The highest BCUT2D eigenvalue weighted by molar-refractivity contribution is 5.73. The van der Waals surface area contributed by atoms with Crippen LogP contribution in [-0.2, 0) is 12.8 Å². The van der Waals surface area contributed by atoms with Gasteiger partial charge in [-0.15, -0.1) is 0 Å². The van der Waals surface area contributed by atoms with E-state index >= 15 is 0 Å². The maximum Gasteiger partial charge on any atom is 0.135 e. The van der Waals surface area contributed by atoms with Gasteiger partial charge in [-0.25, -0.2) is 9.97 Å². The molecule has 1 N–H and O–H groups in total. The zero-order valence-corrected chi connectivity index (χ0v) is 14.1. The average molecular weight is 320 g/mol. The first kappa shape index (κ1) is 14.4. The van der Waals surface area contributed by atoms with E-state index in [0.717, 1.165) is 31.6 Å². The number of fused-ring (bicyclic) bond motifs is 3. The van der Waals surface area contributed by atoms with E-state index in [9.17, 15) is 0 Å². The lowest BCUT2D eigenvalue weighted by molar-refractivity contribution is 0.201. The van der Waals surface area contributed by atoms with E-state index in [0.29, 0.717) is 5.54 Å². The van der Waals surface area contributed by atoms with E-state index in [1.807, 2.05) is 0 Å². The topological polar surface area (TPSA) is 41.1 Å². The van der Waals surface area contributed by atoms with Crippen LogP contribution in [0.5, 0.6) is 0 Å². The molecule has 124 valence electrons. The van der Waals surface area contributed by atoms with Crippen LogP contribution in [0, 0.1) is 0 Å². The Balaban J connectivity index is 1.50. The second-order valence-electron chi connectivity index (χ2n) is 7.56. The van der Waals surface area contributed by atoms with Gasteiger partial charge in [0, 0.05) is 24.2 Å². The highest BCUT2D eigenvalue weighted by Gasteiger charge is 2.44. The third-order valence-electron chi connectivity index (χ3n) is 5.94. The van der Waals surface area contributed by atoms with Gasteiger partial charge in [-0.05, 0) is 44.2 Å². The molecule has 3 heterocycles. The summed E-state index contributed by atoms with van der Waals surface area (Å²) in [6.07, 6.45) is 9.14. The van der Waals surface area contributed by atoms with Gasteiger partial charge in [-0.2, -0.15) is 0 Å². The highest BCUT2D eigenvalue weighted by atomic mass is 15.3. The van der Waals surface area contributed by atoms with Gasteiger partial charge in [0.15, 0.2) is 0 Å². The van der Waals surface area contributed by atoms with Crippen LogP contribution in [0.15, 0.2) is 30.6 Å². The summed E-state index contributed by atoms with van der Waals surface area (Å²) in [6.45, 7) is 3.36.